The fraction of sp³-hybridized carbons (Fsp3) is 0.182. The van der Waals surface area contributed by atoms with Gasteiger partial charge in [-0.1, -0.05) is 6.07 Å². The Hall–Kier alpha value is -1.00. The highest BCUT2D eigenvalue weighted by molar-refractivity contribution is 8.00. The maximum absolute atomic E-state index is 11.7. The largest absolute Gasteiger partial charge is 0.468 e. The maximum Gasteiger partial charge on any atom is 0.182 e. The number of rotatable bonds is 4. The van der Waals surface area contributed by atoms with Crippen LogP contribution in [0.3, 0.4) is 0 Å². The second-order valence-electron chi connectivity index (χ2n) is 3.03. The first-order chi connectivity index (χ1) is 7.27. The predicted molar refractivity (Wildman–Crippen MR) is 62.8 cm³/mol. The summed E-state index contributed by atoms with van der Waals surface area (Å²) in [5.74, 6) is 1.52. The Kier molecular flexibility index (Phi) is 3.28. The summed E-state index contributed by atoms with van der Waals surface area (Å²) in [6.45, 7) is 1.90. The molecule has 0 amide bonds. The van der Waals surface area contributed by atoms with Gasteiger partial charge >= 0.3 is 0 Å². The SMILES string of the molecule is Cc1occc1SCC(=O)c1cccs1. The van der Waals surface area contributed by atoms with Gasteiger partial charge in [-0.2, -0.15) is 0 Å². The van der Waals surface area contributed by atoms with E-state index in [2.05, 4.69) is 0 Å². The number of hydrogen-bond donors (Lipinski definition) is 0. The molecule has 2 aromatic rings. The topological polar surface area (TPSA) is 30.2 Å². The van der Waals surface area contributed by atoms with E-state index >= 15 is 0 Å². The number of carbonyl (C=O) groups is 1. The van der Waals surface area contributed by atoms with Gasteiger partial charge < -0.3 is 4.42 Å². The van der Waals surface area contributed by atoms with Gasteiger partial charge in [-0.3, -0.25) is 4.79 Å². The Morgan fingerprint density at radius 3 is 3.00 bits per heavy atom. The standard InChI is InChI=1S/C11H10O2S2/c1-8-10(4-5-13-8)15-7-9(12)11-3-2-6-14-11/h2-6H,7H2,1H3. The van der Waals surface area contributed by atoms with E-state index in [4.69, 9.17) is 4.42 Å². The van der Waals surface area contributed by atoms with Crippen LogP contribution in [-0.2, 0) is 0 Å². The number of thioether (sulfide) groups is 1. The zero-order chi connectivity index (χ0) is 10.7. The quantitative estimate of drug-likeness (QED) is 0.602. The van der Waals surface area contributed by atoms with Gasteiger partial charge in [0.15, 0.2) is 5.78 Å². The van der Waals surface area contributed by atoms with E-state index in [1.165, 1.54) is 23.1 Å². The molecule has 4 heteroatoms. The van der Waals surface area contributed by atoms with Crippen molar-refractivity contribution >= 4 is 28.9 Å². The first-order valence-corrected chi connectivity index (χ1v) is 6.37. The van der Waals surface area contributed by atoms with E-state index < -0.39 is 0 Å². The number of ketones is 1. The predicted octanol–water partition coefficient (Wildman–Crippen LogP) is 3.62. The van der Waals surface area contributed by atoms with Crippen LogP contribution in [0, 0.1) is 6.92 Å². The van der Waals surface area contributed by atoms with Gasteiger partial charge in [0.1, 0.15) is 5.76 Å². The summed E-state index contributed by atoms with van der Waals surface area (Å²) in [4.78, 5) is 13.5. The molecule has 78 valence electrons. The molecule has 0 aliphatic carbocycles. The third-order valence-corrected chi connectivity index (χ3v) is 4.02. The first-order valence-electron chi connectivity index (χ1n) is 4.51. The van der Waals surface area contributed by atoms with Crippen molar-refractivity contribution in [2.75, 3.05) is 5.75 Å². The van der Waals surface area contributed by atoms with Gasteiger partial charge in [0.05, 0.1) is 16.9 Å². The molecule has 0 radical (unpaired) electrons. The molecule has 2 aromatic heterocycles. The molecule has 0 fully saturated rings. The second kappa shape index (κ2) is 4.68. The second-order valence-corrected chi connectivity index (χ2v) is 5.00. The minimum absolute atomic E-state index is 0.176. The molecule has 0 saturated carbocycles. The van der Waals surface area contributed by atoms with E-state index in [0.29, 0.717) is 5.75 Å². The molecule has 0 N–H and O–H groups in total. The molecule has 0 aliphatic heterocycles. The lowest BCUT2D eigenvalue weighted by Crippen LogP contribution is -1.98. The van der Waals surface area contributed by atoms with Crippen LogP contribution in [0.5, 0.6) is 0 Å². The average Bonchev–Trinajstić information content (AvgIpc) is 2.85. The molecule has 0 aliphatic rings. The minimum Gasteiger partial charge on any atom is -0.468 e. The first kappa shape index (κ1) is 10.5. The summed E-state index contributed by atoms with van der Waals surface area (Å²) < 4.78 is 5.16. The summed E-state index contributed by atoms with van der Waals surface area (Å²) in [5.41, 5.74) is 0. The van der Waals surface area contributed by atoms with Crippen molar-refractivity contribution in [3.63, 3.8) is 0 Å². The number of Topliss-reactive ketones (excluding diaryl/α,β-unsaturated/α-hetero) is 1. The van der Waals surface area contributed by atoms with Crippen LogP contribution < -0.4 is 0 Å². The van der Waals surface area contributed by atoms with Crippen LogP contribution in [-0.4, -0.2) is 11.5 Å². The minimum atomic E-state index is 0.176. The van der Waals surface area contributed by atoms with Crippen molar-refractivity contribution in [3.8, 4) is 0 Å². The number of furan rings is 1. The van der Waals surface area contributed by atoms with Gasteiger partial charge in [-0.15, -0.1) is 23.1 Å². The molecule has 0 aromatic carbocycles. The summed E-state index contributed by atoms with van der Waals surface area (Å²) in [7, 11) is 0. The molecule has 0 spiro atoms. The van der Waals surface area contributed by atoms with Crippen LogP contribution in [0.15, 0.2) is 39.2 Å². The van der Waals surface area contributed by atoms with Crippen LogP contribution in [0.1, 0.15) is 15.4 Å². The van der Waals surface area contributed by atoms with Crippen LogP contribution in [0.2, 0.25) is 0 Å². The molecule has 0 unspecified atom stereocenters. The highest BCUT2D eigenvalue weighted by Gasteiger charge is 2.09. The Morgan fingerprint density at radius 1 is 1.53 bits per heavy atom. The summed E-state index contributed by atoms with van der Waals surface area (Å²) in [6.07, 6.45) is 1.65. The fourth-order valence-electron chi connectivity index (χ4n) is 1.17. The summed E-state index contributed by atoms with van der Waals surface area (Å²) in [5, 5.41) is 1.92. The van der Waals surface area contributed by atoms with Crippen LogP contribution in [0.4, 0.5) is 0 Å². The summed E-state index contributed by atoms with van der Waals surface area (Å²) in [6, 6.07) is 5.64. The van der Waals surface area contributed by atoms with Gasteiger partial charge in [-0.05, 0) is 24.4 Å². The van der Waals surface area contributed by atoms with Crippen LogP contribution >= 0.6 is 23.1 Å². The van der Waals surface area contributed by atoms with E-state index in [0.717, 1.165) is 15.5 Å². The molecular formula is C11H10O2S2. The van der Waals surface area contributed by atoms with Crippen molar-refractivity contribution in [1.82, 2.24) is 0 Å². The molecule has 2 rings (SSSR count). The average molecular weight is 238 g/mol. The smallest absolute Gasteiger partial charge is 0.182 e. The third-order valence-electron chi connectivity index (χ3n) is 1.97. The number of hydrogen-bond acceptors (Lipinski definition) is 4. The van der Waals surface area contributed by atoms with Crippen molar-refractivity contribution < 1.29 is 9.21 Å². The lowest BCUT2D eigenvalue weighted by Gasteiger charge is -1.97. The van der Waals surface area contributed by atoms with Gasteiger partial charge in [0.25, 0.3) is 0 Å². The Morgan fingerprint density at radius 2 is 2.40 bits per heavy atom. The molecule has 0 atom stereocenters. The zero-order valence-electron chi connectivity index (χ0n) is 8.23. The van der Waals surface area contributed by atoms with E-state index in [1.54, 1.807) is 6.26 Å². The summed E-state index contributed by atoms with van der Waals surface area (Å²) >= 11 is 3.01. The van der Waals surface area contributed by atoms with E-state index in [9.17, 15) is 4.79 Å². The lowest BCUT2D eigenvalue weighted by molar-refractivity contribution is 0.102. The normalized spacial score (nSPS) is 10.5. The van der Waals surface area contributed by atoms with Gasteiger partial charge in [0, 0.05) is 4.90 Å². The Balaban J connectivity index is 1.95. The number of thiophene rings is 1. The van der Waals surface area contributed by atoms with E-state index in [-0.39, 0.29) is 5.78 Å². The third kappa shape index (κ3) is 2.52. The van der Waals surface area contributed by atoms with Crippen molar-refractivity contribution in [2.24, 2.45) is 0 Å². The molecule has 0 bridgehead atoms. The van der Waals surface area contributed by atoms with Crippen LogP contribution in [0.25, 0.3) is 0 Å². The number of carbonyl (C=O) groups excluding carboxylic acids is 1. The molecular weight excluding hydrogens is 228 g/mol. The number of aryl methyl sites for hydroxylation is 1. The molecule has 15 heavy (non-hydrogen) atoms. The van der Waals surface area contributed by atoms with Crippen molar-refractivity contribution in [3.05, 3.63) is 40.5 Å². The maximum atomic E-state index is 11.7. The van der Waals surface area contributed by atoms with Gasteiger partial charge in [-0.25, -0.2) is 0 Å². The Labute approximate surface area is 96.3 Å². The fourth-order valence-corrected chi connectivity index (χ4v) is 2.78. The zero-order valence-corrected chi connectivity index (χ0v) is 9.86. The highest BCUT2D eigenvalue weighted by Crippen LogP contribution is 2.24. The van der Waals surface area contributed by atoms with E-state index in [1.807, 2.05) is 30.5 Å². The van der Waals surface area contributed by atoms with Gasteiger partial charge in [0.2, 0.25) is 0 Å². The monoisotopic (exact) mass is 238 g/mol. The van der Waals surface area contributed by atoms with Crippen molar-refractivity contribution in [1.29, 1.82) is 0 Å². The Bertz CT molecular complexity index is 443. The lowest BCUT2D eigenvalue weighted by atomic mass is 10.4. The molecule has 0 saturated heterocycles. The highest BCUT2D eigenvalue weighted by atomic mass is 32.2. The van der Waals surface area contributed by atoms with Crippen molar-refractivity contribution in [2.45, 2.75) is 11.8 Å². The molecule has 2 heterocycles. The molecule has 2 nitrogen and oxygen atoms in total.